The monoisotopic (exact) mass is 228 g/mol. The molecule has 0 aromatic heterocycles. The van der Waals surface area contributed by atoms with E-state index >= 15 is 0 Å². The van der Waals surface area contributed by atoms with Gasteiger partial charge in [0, 0.05) is 12.1 Å². The summed E-state index contributed by atoms with van der Waals surface area (Å²) in [6.07, 6.45) is 2.31. The molecule has 0 aliphatic carbocycles. The quantitative estimate of drug-likeness (QED) is 0.702. The Kier molecular flexibility index (Phi) is 7.39. The molecule has 0 bridgehead atoms. The molecule has 2 N–H and O–H groups in total. The SMILES string of the molecule is CCC(C)CC(C)NC(C)C(=O)NC(C)C. The lowest BCUT2D eigenvalue weighted by Gasteiger charge is -2.22. The lowest BCUT2D eigenvalue weighted by Crippen LogP contribution is -2.47. The van der Waals surface area contributed by atoms with E-state index in [1.807, 2.05) is 20.8 Å². The third-order valence-electron chi connectivity index (χ3n) is 2.81. The van der Waals surface area contributed by atoms with Gasteiger partial charge in [0.1, 0.15) is 0 Å². The Bertz CT molecular complexity index is 204. The van der Waals surface area contributed by atoms with Crippen molar-refractivity contribution in [3.8, 4) is 0 Å². The maximum absolute atomic E-state index is 11.7. The summed E-state index contributed by atoms with van der Waals surface area (Å²) < 4.78 is 0. The molecule has 0 radical (unpaired) electrons. The van der Waals surface area contributed by atoms with Gasteiger partial charge in [0.15, 0.2) is 0 Å². The average molecular weight is 228 g/mol. The van der Waals surface area contributed by atoms with Crippen molar-refractivity contribution in [2.24, 2.45) is 5.92 Å². The molecule has 0 aliphatic heterocycles. The Labute approximate surface area is 100 Å². The van der Waals surface area contributed by atoms with Gasteiger partial charge in [-0.25, -0.2) is 0 Å². The van der Waals surface area contributed by atoms with E-state index in [0.717, 1.165) is 6.42 Å². The number of hydrogen-bond donors (Lipinski definition) is 2. The number of hydrogen-bond acceptors (Lipinski definition) is 2. The Morgan fingerprint density at radius 3 is 2.12 bits per heavy atom. The van der Waals surface area contributed by atoms with Crippen LogP contribution in [0.1, 0.15) is 54.4 Å². The molecule has 16 heavy (non-hydrogen) atoms. The second-order valence-corrected chi connectivity index (χ2v) is 5.20. The molecule has 0 saturated heterocycles. The third-order valence-corrected chi connectivity index (χ3v) is 2.81. The van der Waals surface area contributed by atoms with E-state index in [-0.39, 0.29) is 18.0 Å². The molecule has 0 heterocycles. The summed E-state index contributed by atoms with van der Waals surface area (Å²) in [6, 6.07) is 0.492. The maximum atomic E-state index is 11.7. The number of nitrogens with one attached hydrogen (secondary N) is 2. The van der Waals surface area contributed by atoms with E-state index < -0.39 is 0 Å². The number of carbonyl (C=O) groups is 1. The van der Waals surface area contributed by atoms with Crippen molar-refractivity contribution in [3.05, 3.63) is 0 Å². The topological polar surface area (TPSA) is 41.1 Å². The number of amides is 1. The molecule has 3 nitrogen and oxygen atoms in total. The van der Waals surface area contributed by atoms with Crippen molar-refractivity contribution in [2.45, 2.75) is 72.5 Å². The van der Waals surface area contributed by atoms with E-state index in [1.165, 1.54) is 6.42 Å². The zero-order chi connectivity index (χ0) is 12.7. The van der Waals surface area contributed by atoms with Crippen LogP contribution in [0.25, 0.3) is 0 Å². The summed E-state index contributed by atoms with van der Waals surface area (Å²) in [5.41, 5.74) is 0. The van der Waals surface area contributed by atoms with E-state index in [4.69, 9.17) is 0 Å². The normalized spacial score (nSPS) is 16.9. The fourth-order valence-electron chi connectivity index (χ4n) is 1.75. The van der Waals surface area contributed by atoms with Crippen LogP contribution in [0.3, 0.4) is 0 Å². The van der Waals surface area contributed by atoms with Gasteiger partial charge in [-0.15, -0.1) is 0 Å². The van der Waals surface area contributed by atoms with Crippen molar-refractivity contribution in [1.82, 2.24) is 10.6 Å². The van der Waals surface area contributed by atoms with Gasteiger partial charge in [0.05, 0.1) is 6.04 Å². The number of rotatable bonds is 7. The molecule has 0 aromatic carbocycles. The summed E-state index contributed by atoms with van der Waals surface area (Å²) in [5.74, 6) is 0.800. The first-order valence-corrected chi connectivity index (χ1v) is 6.43. The highest BCUT2D eigenvalue weighted by atomic mass is 16.2. The summed E-state index contributed by atoms with van der Waals surface area (Å²) >= 11 is 0. The van der Waals surface area contributed by atoms with Crippen molar-refractivity contribution >= 4 is 5.91 Å². The zero-order valence-corrected chi connectivity index (χ0v) is 11.6. The van der Waals surface area contributed by atoms with Crippen LogP contribution in [0.5, 0.6) is 0 Å². The van der Waals surface area contributed by atoms with Crippen LogP contribution in [-0.2, 0) is 4.79 Å². The first kappa shape index (κ1) is 15.4. The summed E-state index contributed by atoms with van der Waals surface area (Å²) in [5, 5.41) is 6.25. The zero-order valence-electron chi connectivity index (χ0n) is 11.6. The maximum Gasteiger partial charge on any atom is 0.237 e. The minimum Gasteiger partial charge on any atom is -0.353 e. The molecule has 0 saturated carbocycles. The van der Waals surface area contributed by atoms with E-state index in [9.17, 15) is 4.79 Å². The van der Waals surface area contributed by atoms with E-state index in [1.54, 1.807) is 0 Å². The second-order valence-electron chi connectivity index (χ2n) is 5.20. The third kappa shape index (κ3) is 6.83. The molecule has 96 valence electrons. The van der Waals surface area contributed by atoms with Gasteiger partial charge < -0.3 is 10.6 Å². The molecular weight excluding hydrogens is 200 g/mol. The smallest absolute Gasteiger partial charge is 0.237 e. The van der Waals surface area contributed by atoms with Gasteiger partial charge in [0.2, 0.25) is 5.91 Å². The van der Waals surface area contributed by atoms with Crippen molar-refractivity contribution in [1.29, 1.82) is 0 Å². The Hall–Kier alpha value is -0.570. The second kappa shape index (κ2) is 7.66. The van der Waals surface area contributed by atoms with Gasteiger partial charge in [-0.2, -0.15) is 0 Å². The molecule has 0 aromatic rings. The van der Waals surface area contributed by atoms with Crippen LogP contribution in [0.4, 0.5) is 0 Å². The molecule has 0 spiro atoms. The summed E-state index contributed by atoms with van der Waals surface area (Å²) in [6.45, 7) is 12.5. The van der Waals surface area contributed by atoms with Crippen LogP contribution in [0, 0.1) is 5.92 Å². The van der Waals surface area contributed by atoms with E-state index in [0.29, 0.717) is 12.0 Å². The molecule has 3 heteroatoms. The van der Waals surface area contributed by atoms with Crippen LogP contribution in [-0.4, -0.2) is 24.0 Å². The fraction of sp³-hybridized carbons (Fsp3) is 0.923. The minimum atomic E-state index is -0.110. The standard InChI is InChI=1S/C13H28N2O/c1-7-10(4)8-11(5)15-12(6)13(16)14-9(2)3/h9-12,15H,7-8H2,1-6H3,(H,14,16). The van der Waals surface area contributed by atoms with Crippen LogP contribution >= 0.6 is 0 Å². The van der Waals surface area contributed by atoms with Crippen molar-refractivity contribution in [2.75, 3.05) is 0 Å². The van der Waals surface area contributed by atoms with Gasteiger partial charge >= 0.3 is 0 Å². The molecule has 0 fully saturated rings. The predicted octanol–water partition coefficient (Wildman–Crippen LogP) is 2.31. The average Bonchev–Trinajstić information content (AvgIpc) is 2.16. The summed E-state index contributed by atoms with van der Waals surface area (Å²) in [7, 11) is 0. The van der Waals surface area contributed by atoms with Gasteiger partial charge in [-0.1, -0.05) is 20.3 Å². The Balaban J connectivity index is 3.93. The van der Waals surface area contributed by atoms with Crippen LogP contribution in [0.15, 0.2) is 0 Å². The first-order valence-electron chi connectivity index (χ1n) is 6.43. The highest BCUT2D eigenvalue weighted by Gasteiger charge is 2.16. The van der Waals surface area contributed by atoms with Gasteiger partial charge in [0.25, 0.3) is 0 Å². The lowest BCUT2D eigenvalue weighted by molar-refractivity contribution is -0.123. The van der Waals surface area contributed by atoms with Gasteiger partial charge in [-0.3, -0.25) is 4.79 Å². The molecular formula is C13H28N2O. The minimum absolute atomic E-state index is 0.0889. The molecule has 0 rings (SSSR count). The van der Waals surface area contributed by atoms with Crippen LogP contribution < -0.4 is 10.6 Å². The van der Waals surface area contributed by atoms with E-state index in [2.05, 4.69) is 31.4 Å². The summed E-state index contributed by atoms with van der Waals surface area (Å²) in [4.78, 5) is 11.7. The van der Waals surface area contributed by atoms with Crippen LogP contribution in [0.2, 0.25) is 0 Å². The molecule has 3 atom stereocenters. The Morgan fingerprint density at radius 2 is 1.69 bits per heavy atom. The number of carbonyl (C=O) groups excluding carboxylic acids is 1. The van der Waals surface area contributed by atoms with Crippen molar-refractivity contribution in [3.63, 3.8) is 0 Å². The highest BCUT2D eigenvalue weighted by molar-refractivity contribution is 5.81. The largest absolute Gasteiger partial charge is 0.353 e. The molecule has 1 amide bonds. The first-order chi connectivity index (χ1) is 7.36. The molecule has 0 aliphatic rings. The fourth-order valence-corrected chi connectivity index (χ4v) is 1.75. The van der Waals surface area contributed by atoms with Crippen molar-refractivity contribution < 1.29 is 4.79 Å². The predicted molar refractivity (Wildman–Crippen MR) is 69.4 cm³/mol. The van der Waals surface area contributed by atoms with Gasteiger partial charge in [-0.05, 0) is 40.0 Å². The Morgan fingerprint density at radius 1 is 1.12 bits per heavy atom. The molecule has 3 unspecified atom stereocenters. The lowest BCUT2D eigenvalue weighted by atomic mass is 10.00. The highest BCUT2D eigenvalue weighted by Crippen LogP contribution is 2.09.